The third kappa shape index (κ3) is 4.14. The van der Waals surface area contributed by atoms with E-state index in [0.717, 1.165) is 13.0 Å². The van der Waals surface area contributed by atoms with Crippen LogP contribution in [0.4, 0.5) is 5.69 Å². The molecule has 3 rings (SSSR count). The van der Waals surface area contributed by atoms with Gasteiger partial charge in [-0.25, -0.2) is 0 Å². The van der Waals surface area contributed by atoms with E-state index in [1.54, 1.807) is 12.1 Å². The average Bonchev–Trinajstić information content (AvgIpc) is 2.90. The van der Waals surface area contributed by atoms with Crippen LogP contribution in [-0.4, -0.2) is 38.7 Å². The number of benzene rings is 1. The third-order valence-electron chi connectivity index (χ3n) is 5.69. The Labute approximate surface area is 167 Å². The van der Waals surface area contributed by atoms with Gasteiger partial charge in [-0.3, -0.25) is 4.79 Å². The summed E-state index contributed by atoms with van der Waals surface area (Å²) in [4.78, 5) is 14.6. The van der Waals surface area contributed by atoms with Gasteiger partial charge in [0.1, 0.15) is 5.84 Å². The SMILES string of the molecule is CC(C)=CC1C(C(=O)Nc2ccc(S(=O)(=O)/N=C3\CCCN3C)cc2)C1(C)C. The van der Waals surface area contributed by atoms with Gasteiger partial charge in [-0.1, -0.05) is 25.5 Å². The average molecular weight is 404 g/mol. The Kier molecular flexibility index (Phi) is 5.40. The molecule has 0 spiro atoms. The summed E-state index contributed by atoms with van der Waals surface area (Å²) in [7, 11) is -1.89. The number of carbonyl (C=O) groups is 1. The van der Waals surface area contributed by atoms with Crippen molar-refractivity contribution in [3.05, 3.63) is 35.9 Å². The van der Waals surface area contributed by atoms with Crippen LogP contribution in [0.1, 0.15) is 40.5 Å². The van der Waals surface area contributed by atoms with E-state index in [2.05, 4.69) is 29.6 Å². The molecule has 2 fully saturated rings. The van der Waals surface area contributed by atoms with Crippen LogP contribution in [-0.2, 0) is 14.8 Å². The minimum absolute atomic E-state index is 0.0315. The molecule has 2 aliphatic rings. The quantitative estimate of drug-likeness (QED) is 0.761. The van der Waals surface area contributed by atoms with Gasteiger partial charge in [0.15, 0.2) is 0 Å². The lowest BCUT2D eigenvalue weighted by Gasteiger charge is -2.11. The molecular formula is C21H29N3O3S. The van der Waals surface area contributed by atoms with E-state index in [1.807, 2.05) is 25.8 Å². The first-order chi connectivity index (χ1) is 13.0. The standard InChI is InChI=1S/C21H29N3O3S/c1-14(2)13-17-19(21(17,3)4)20(25)22-15-8-10-16(11-9-15)28(26,27)23-18-7-6-12-24(18)5/h8-11,13,17,19H,6-7,12H2,1-5H3,(H,22,25)/b23-18+. The predicted molar refractivity (Wildman–Crippen MR) is 112 cm³/mol. The lowest BCUT2D eigenvalue weighted by Crippen LogP contribution is -2.20. The van der Waals surface area contributed by atoms with Gasteiger partial charge in [-0.15, -0.1) is 4.40 Å². The highest BCUT2D eigenvalue weighted by molar-refractivity contribution is 7.90. The molecule has 1 saturated heterocycles. The Morgan fingerprint density at radius 2 is 1.89 bits per heavy atom. The molecule has 0 radical (unpaired) electrons. The van der Waals surface area contributed by atoms with Crippen molar-refractivity contribution < 1.29 is 13.2 Å². The molecule has 0 aromatic heterocycles. The minimum Gasteiger partial charge on any atom is -0.362 e. The number of hydrogen-bond donors (Lipinski definition) is 1. The number of nitrogens with zero attached hydrogens (tertiary/aromatic N) is 2. The summed E-state index contributed by atoms with van der Waals surface area (Å²) >= 11 is 0. The van der Waals surface area contributed by atoms with Crippen molar-refractivity contribution in [2.75, 3.05) is 18.9 Å². The maximum absolute atomic E-state index is 12.6. The van der Waals surface area contributed by atoms with Gasteiger partial charge in [0.2, 0.25) is 5.91 Å². The van der Waals surface area contributed by atoms with Crippen LogP contribution in [0.25, 0.3) is 0 Å². The summed E-state index contributed by atoms with van der Waals surface area (Å²) < 4.78 is 29.0. The van der Waals surface area contributed by atoms with Crippen LogP contribution >= 0.6 is 0 Å². The number of anilines is 1. The number of carbonyl (C=O) groups excluding carboxylic acids is 1. The van der Waals surface area contributed by atoms with Crippen LogP contribution in [0.15, 0.2) is 45.2 Å². The molecule has 1 saturated carbocycles. The molecule has 7 heteroatoms. The number of likely N-dealkylation sites (tertiary alicyclic amines) is 1. The highest BCUT2D eigenvalue weighted by Gasteiger charge is 2.60. The van der Waals surface area contributed by atoms with Gasteiger partial charge in [0.25, 0.3) is 10.0 Å². The van der Waals surface area contributed by atoms with Crippen molar-refractivity contribution in [3.8, 4) is 0 Å². The first-order valence-corrected chi connectivity index (χ1v) is 11.1. The molecule has 2 unspecified atom stereocenters. The summed E-state index contributed by atoms with van der Waals surface area (Å²) in [5, 5.41) is 2.91. The van der Waals surface area contributed by atoms with E-state index in [1.165, 1.54) is 17.7 Å². The van der Waals surface area contributed by atoms with Crippen LogP contribution < -0.4 is 5.32 Å². The van der Waals surface area contributed by atoms with Crippen LogP contribution in [0.2, 0.25) is 0 Å². The summed E-state index contributed by atoms with van der Waals surface area (Å²) in [6.07, 6.45) is 3.74. The molecular weight excluding hydrogens is 374 g/mol. The number of hydrogen-bond acceptors (Lipinski definition) is 3. The van der Waals surface area contributed by atoms with E-state index in [-0.39, 0.29) is 28.1 Å². The van der Waals surface area contributed by atoms with Crippen LogP contribution in [0.3, 0.4) is 0 Å². The van der Waals surface area contributed by atoms with Crippen molar-refractivity contribution in [2.45, 2.75) is 45.4 Å². The molecule has 152 valence electrons. The highest BCUT2D eigenvalue weighted by atomic mass is 32.2. The van der Waals surface area contributed by atoms with Crippen molar-refractivity contribution in [1.29, 1.82) is 0 Å². The smallest absolute Gasteiger partial charge is 0.283 e. The van der Waals surface area contributed by atoms with Crippen molar-refractivity contribution in [1.82, 2.24) is 4.90 Å². The molecule has 28 heavy (non-hydrogen) atoms. The molecule has 1 aliphatic heterocycles. The van der Waals surface area contributed by atoms with Gasteiger partial charge in [-0.2, -0.15) is 8.42 Å². The molecule has 1 aliphatic carbocycles. The zero-order valence-electron chi connectivity index (χ0n) is 17.2. The van der Waals surface area contributed by atoms with Crippen molar-refractivity contribution >= 4 is 27.5 Å². The predicted octanol–water partition coefficient (Wildman–Crippen LogP) is 3.68. The number of sulfonamides is 1. The fraction of sp³-hybridized carbons (Fsp3) is 0.524. The number of allylic oxidation sites excluding steroid dienone is 2. The minimum atomic E-state index is -3.74. The summed E-state index contributed by atoms with van der Waals surface area (Å²) in [5.74, 6) is 0.723. The van der Waals surface area contributed by atoms with Gasteiger partial charge >= 0.3 is 0 Å². The number of amides is 1. The molecule has 6 nitrogen and oxygen atoms in total. The number of rotatable bonds is 5. The van der Waals surface area contributed by atoms with E-state index in [4.69, 9.17) is 0 Å². The largest absolute Gasteiger partial charge is 0.362 e. The zero-order valence-corrected chi connectivity index (χ0v) is 18.0. The molecule has 1 amide bonds. The first-order valence-electron chi connectivity index (χ1n) is 9.63. The third-order valence-corrected chi connectivity index (χ3v) is 7.00. The summed E-state index contributed by atoms with van der Waals surface area (Å²) in [5.41, 5.74) is 1.74. The maximum atomic E-state index is 12.6. The second-order valence-corrected chi connectivity index (χ2v) is 10.2. The molecule has 1 aromatic rings. The fourth-order valence-electron chi connectivity index (χ4n) is 3.88. The van der Waals surface area contributed by atoms with E-state index in [0.29, 0.717) is 17.9 Å². The highest BCUT2D eigenvalue weighted by Crippen LogP contribution is 2.59. The Bertz CT molecular complexity index is 926. The Hall–Kier alpha value is -2.15. The van der Waals surface area contributed by atoms with Gasteiger partial charge in [0.05, 0.1) is 10.8 Å². The Morgan fingerprint density at radius 1 is 1.25 bits per heavy atom. The Balaban J connectivity index is 1.70. The van der Waals surface area contributed by atoms with Crippen LogP contribution in [0.5, 0.6) is 0 Å². The first kappa shape index (κ1) is 20.6. The van der Waals surface area contributed by atoms with Crippen LogP contribution in [0, 0.1) is 17.3 Å². The van der Waals surface area contributed by atoms with Gasteiger partial charge < -0.3 is 10.2 Å². The normalized spacial score (nSPS) is 24.9. The summed E-state index contributed by atoms with van der Waals surface area (Å²) in [6.45, 7) is 9.08. The Morgan fingerprint density at radius 3 is 2.43 bits per heavy atom. The molecule has 1 aromatic carbocycles. The topological polar surface area (TPSA) is 78.8 Å². The van der Waals surface area contributed by atoms with E-state index >= 15 is 0 Å². The lowest BCUT2D eigenvalue weighted by molar-refractivity contribution is -0.118. The molecule has 0 bridgehead atoms. The second kappa shape index (κ2) is 7.35. The van der Waals surface area contributed by atoms with Crippen molar-refractivity contribution in [3.63, 3.8) is 0 Å². The lowest BCUT2D eigenvalue weighted by atomic mass is 10.1. The fourth-order valence-corrected chi connectivity index (χ4v) is 4.97. The second-order valence-electron chi connectivity index (χ2n) is 8.59. The van der Waals surface area contributed by atoms with Crippen molar-refractivity contribution in [2.24, 2.45) is 21.6 Å². The van der Waals surface area contributed by atoms with Gasteiger partial charge in [-0.05, 0) is 55.9 Å². The van der Waals surface area contributed by atoms with E-state index < -0.39 is 10.0 Å². The number of nitrogens with one attached hydrogen (secondary N) is 1. The molecule has 2 atom stereocenters. The monoisotopic (exact) mass is 403 g/mol. The molecule has 1 heterocycles. The molecule has 1 N–H and O–H groups in total. The zero-order chi connectivity index (χ0) is 20.7. The van der Waals surface area contributed by atoms with E-state index in [9.17, 15) is 13.2 Å². The van der Waals surface area contributed by atoms with Gasteiger partial charge in [0, 0.05) is 25.7 Å². The summed E-state index contributed by atoms with van der Waals surface area (Å²) in [6, 6.07) is 6.23. The number of amidine groups is 1. The maximum Gasteiger partial charge on any atom is 0.283 e.